The number of hydrogen-bond donors (Lipinski definition) is 0. The number of benzene rings is 1. The number of imide groups is 1. The number of ether oxygens (including phenoxy) is 1. The molecule has 0 radical (unpaired) electrons. The highest BCUT2D eigenvalue weighted by Crippen LogP contribution is 2.57. The van der Waals surface area contributed by atoms with Crippen molar-refractivity contribution in [2.75, 3.05) is 4.90 Å². The maximum Gasteiger partial charge on any atom is 0.407 e. The summed E-state index contributed by atoms with van der Waals surface area (Å²) >= 11 is 0. The molecule has 2 amide bonds. The lowest BCUT2D eigenvalue weighted by Gasteiger charge is -2.25. The molecule has 1 aromatic carbocycles. The van der Waals surface area contributed by atoms with Crippen molar-refractivity contribution < 1.29 is 27.5 Å². The number of alkyl halides is 3. The highest BCUT2D eigenvalue weighted by atomic mass is 19.4. The molecule has 0 aliphatic carbocycles. The van der Waals surface area contributed by atoms with Gasteiger partial charge in [0.25, 0.3) is 0 Å². The standard InChI is InChI=1S/C18H13F3N2O3/c1-16-6-7-17(2,26-16)13-12(16)14(24)23(15(13)25)9-4-5-11(22-3)10(8-9)18(19,20)21/h4-8,12-13H,1-2H3/t12-,13+,16?,17?. The van der Waals surface area contributed by atoms with E-state index in [1.807, 2.05) is 0 Å². The maximum absolute atomic E-state index is 13.2. The first-order valence-electron chi connectivity index (χ1n) is 7.89. The van der Waals surface area contributed by atoms with E-state index in [9.17, 15) is 22.8 Å². The number of anilines is 1. The first-order chi connectivity index (χ1) is 12.0. The summed E-state index contributed by atoms with van der Waals surface area (Å²) in [4.78, 5) is 29.5. The molecule has 3 heterocycles. The highest BCUT2D eigenvalue weighted by molar-refractivity contribution is 6.23. The SMILES string of the molecule is [C-]#[N+]c1ccc(N2C(=O)[C@@H]3[C@H](C2=O)C2(C)C=CC3(C)O2)cc1C(F)(F)F. The summed E-state index contributed by atoms with van der Waals surface area (Å²) in [7, 11) is 0. The molecule has 2 saturated heterocycles. The van der Waals surface area contributed by atoms with Gasteiger partial charge in [-0.25, -0.2) is 9.74 Å². The zero-order chi connectivity index (χ0) is 19.1. The number of carbonyl (C=O) groups excluding carboxylic acids is 2. The summed E-state index contributed by atoms with van der Waals surface area (Å²) in [6, 6.07) is 2.86. The molecule has 134 valence electrons. The van der Waals surface area contributed by atoms with Crippen LogP contribution in [0.1, 0.15) is 19.4 Å². The molecule has 1 aromatic rings. The summed E-state index contributed by atoms with van der Waals surface area (Å²) < 4.78 is 45.5. The largest absolute Gasteiger partial charge is 0.407 e. The van der Waals surface area contributed by atoms with E-state index < -0.39 is 52.3 Å². The Morgan fingerprint density at radius 3 is 2.12 bits per heavy atom. The van der Waals surface area contributed by atoms with Crippen molar-refractivity contribution in [2.24, 2.45) is 11.8 Å². The summed E-state index contributed by atoms with van der Waals surface area (Å²) in [5.41, 5.74) is -3.84. The molecule has 5 nitrogen and oxygen atoms in total. The van der Waals surface area contributed by atoms with Crippen LogP contribution in [0.3, 0.4) is 0 Å². The molecule has 2 bridgehead atoms. The highest BCUT2D eigenvalue weighted by Gasteiger charge is 2.70. The van der Waals surface area contributed by atoms with Crippen LogP contribution in [-0.4, -0.2) is 23.0 Å². The van der Waals surface area contributed by atoms with Gasteiger partial charge in [-0.3, -0.25) is 9.59 Å². The molecule has 0 spiro atoms. The Morgan fingerprint density at radius 2 is 1.65 bits per heavy atom. The molecule has 26 heavy (non-hydrogen) atoms. The second-order valence-corrected chi connectivity index (χ2v) is 7.08. The lowest BCUT2D eigenvalue weighted by molar-refractivity contribution is -0.137. The lowest BCUT2D eigenvalue weighted by atomic mass is 9.73. The first kappa shape index (κ1) is 16.8. The predicted octanol–water partition coefficient (Wildman–Crippen LogP) is 3.48. The maximum atomic E-state index is 13.2. The Kier molecular flexibility index (Phi) is 3.06. The molecule has 3 aliphatic rings. The summed E-state index contributed by atoms with van der Waals surface area (Å²) in [5, 5.41) is 0. The van der Waals surface area contributed by atoms with E-state index in [4.69, 9.17) is 11.3 Å². The van der Waals surface area contributed by atoms with Crippen LogP contribution in [0.2, 0.25) is 0 Å². The minimum absolute atomic E-state index is 0.180. The van der Waals surface area contributed by atoms with Crippen LogP contribution < -0.4 is 4.90 Å². The van der Waals surface area contributed by atoms with Gasteiger partial charge in [-0.05, 0) is 26.0 Å². The van der Waals surface area contributed by atoms with Crippen LogP contribution in [0.15, 0.2) is 30.4 Å². The van der Waals surface area contributed by atoms with Gasteiger partial charge in [0.2, 0.25) is 11.8 Å². The third-order valence-electron chi connectivity index (χ3n) is 5.39. The van der Waals surface area contributed by atoms with Gasteiger partial charge in [0.1, 0.15) is 0 Å². The Balaban J connectivity index is 1.81. The third-order valence-corrected chi connectivity index (χ3v) is 5.39. The van der Waals surface area contributed by atoms with Crippen LogP contribution in [0.25, 0.3) is 4.85 Å². The second kappa shape index (κ2) is 4.74. The molecule has 4 rings (SSSR count). The van der Waals surface area contributed by atoms with E-state index in [0.29, 0.717) is 6.07 Å². The number of carbonyl (C=O) groups is 2. The van der Waals surface area contributed by atoms with E-state index in [2.05, 4.69) is 4.85 Å². The molecule has 0 saturated carbocycles. The normalized spacial score (nSPS) is 35.2. The number of hydrogen-bond acceptors (Lipinski definition) is 3. The van der Waals surface area contributed by atoms with Crippen molar-refractivity contribution in [1.29, 1.82) is 0 Å². The van der Waals surface area contributed by atoms with Crippen molar-refractivity contribution in [2.45, 2.75) is 31.2 Å². The molecule has 3 aliphatic heterocycles. The number of rotatable bonds is 1. The molecule has 0 N–H and O–H groups in total. The van der Waals surface area contributed by atoms with Gasteiger partial charge in [-0.15, -0.1) is 0 Å². The van der Waals surface area contributed by atoms with Crippen LogP contribution in [-0.2, 0) is 20.5 Å². The quantitative estimate of drug-likeness (QED) is 0.437. The van der Waals surface area contributed by atoms with Crippen molar-refractivity contribution in [3.8, 4) is 0 Å². The molecule has 2 fully saturated rings. The van der Waals surface area contributed by atoms with E-state index in [0.717, 1.165) is 11.0 Å². The van der Waals surface area contributed by atoms with Gasteiger partial charge in [0, 0.05) is 5.69 Å². The number of nitrogens with zero attached hydrogens (tertiary/aromatic N) is 2. The van der Waals surface area contributed by atoms with Crippen molar-refractivity contribution in [3.05, 3.63) is 47.3 Å². The summed E-state index contributed by atoms with van der Waals surface area (Å²) in [6.07, 6.45) is -1.31. The average molecular weight is 362 g/mol. The van der Waals surface area contributed by atoms with E-state index in [1.54, 1.807) is 26.0 Å². The molecule has 0 aromatic heterocycles. The van der Waals surface area contributed by atoms with Crippen LogP contribution in [0, 0.1) is 18.4 Å². The Morgan fingerprint density at radius 1 is 1.12 bits per heavy atom. The van der Waals surface area contributed by atoms with Gasteiger partial charge in [0.05, 0.1) is 35.2 Å². The fourth-order valence-electron chi connectivity index (χ4n) is 4.27. The fraction of sp³-hybridized carbons (Fsp3) is 0.389. The molecule has 8 heteroatoms. The zero-order valence-corrected chi connectivity index (χ0v) is 13.8. The average Bonchev–Trinajstić information content (AvgIpc) is 3.10. The Labute approximate surface area is 146 Å². The van der Waals surface area contributed by atoms with Crippen LogP contribution >= 0.6 is 0 Å². The monoisotopic (exact) mass is 362 g/mol. The molecule has 4 atom stereocenters. The second-order valence-electron chi connectivity index (χ2n) is 7.08. The van der Waals surface area contributed by atoms with Gasteiger partial charge >= 0.3 is 6.18 Å². The zero-order valence-electron chi connectivity index (χ0n) is 13.8. The predicted molar refractivity (Wildman–Crippen MR) is 84.2 cm³/mol. The van der Waals surface area contributed by atoms with Gasteiger partial charge < -0.3 is 4.74 Å². The fourth-order valence-corrected chi connectivity index (χ4v) is 4.27. The Bertz CT molecular complexity index is 897. The molecular formula is C18H13F3N2O3. The Hall–Kier alpha value is -2.66. The number of amides is 2. The van der Waals surface area contributed by atoms with Crippen molar-refractivity contribution in [3.63, 3.8) is 0 Å². The first-order valence-corrected chi connectivity index (χ1v) is 7.89. The topological polar surface area (TPSA) is 51.0 Å². The minimum Gasteiger partial charge on any atom is -0.359 e. The van der Waals surface area contributed by atoms with E-state index in [1.165, 1.54) is 6.07 Å². The van der Waals surface area contributed by atoms with Gasteiger partial charge in [0.15, 0.2) is 5.69 Å². The van der Waals surface area contributed by atoms with E-state index >= 15 is 0 Å². The van der Waals surface area contributed by atoms with Crippen LogP contribution in [0.5, 0.6) is 0 Å². The number of halogens is 3. The summed E-state index contributed by atoms with van der Waals surface area (Å²) in [5.74, 6) is -2.72. The minimum atomic E-state index is -4.76. The van der Waals surface area contributed by atoms with E-state index in [-0.39, 0.29) is 5.69 Å². The van der Waals surface area contributed by atoms with Gasteiger partial charge in [-0.2, -0.15) is 13.2 Å². The van der Waals surface area contributed by atoms with Crippen molar-refractivity contribution >= 4 is 23.2 Å². The van der Waals surface area contributed by atoms with Gasteiger partial charge in [-0.1, -0.05) is 18.2 Å². The summed E-state index contributed by atoms with van der Waals surface area (Å²) in [6.45, 7) is 10.3. The lowest BCUT2D eigenvalue weighted by Crippen LogP contribution is -2.39. The molecule has 2 unspecified atom stereocenters. The molecular weight excluding hydrogens is 349 g/mol. The number of fused-ring (bicyclic) bond motifs is 5. The smallest absolute Gasteiger partial charge is 0.359 e. The van der Waals surface area contributed by atoms with Crippen molar-refractivity contribution in [1.82, 2.24) is 0 Å². The third kappa shape index (κ3) is 1.95. The van der Waals surface area contributed by atoms with Crippen LogP contribution in [0.4, 0.5) is 24.5 Å².